The molecule has 0 aliphatic carbocycles. The number of allylic oxidation sites excluding steroid dienone is 10. The van der Waals surface area contributed by atoms with Crippen LogP contribution in [-0.4, -0.2) is 37.2 Å². The van der Waals surface area contributed by atoms with Crippen LogP contribution in [0, 0.1) is 0 Å². The third-order valence-electron chi connectivity index (χ3n) is 10.8. The molecule has 60 heavy (non-hydrogen) atoms. The molecule has 0 bridgehead atoms. The predicted molar refractivity (Wildman–Crippen MR) is 256 cm³/mol. The van der Waals surface area contributed by atoms with E-state index in [0.717, 1.165) is 70.6 Å². The largest absolute Gasteiger partial charge is 0.462 e. The Bertz CT molecular complexity index is 1100. The Hall–Kier alpha value is -2.89. The van der Waals surface area contributed by atoms with Gasteiger partial charge in [0, 0.05) is 19.3 Å². The molecule has 0 aromatic carbocycles. The second-order valence-corrected chi connectivity index (χ2v) is 16.7. The van der Waals surface area contributed by atoms with Crippen LogP contribution in [0.25, 0.3) is 0 Å². The molecule has 0 saturated heterocycles. The minimum absolute atomic E-state index is 0.0936. The molecule has 0 spiro atoms. The van der Waals surface area contributed by atoms with Gasteiger partial charge in [-0.15, -0.1) is 0 Å². The van der Waals surface area contributed by atoms with Crippen LogP contribution in [0.4, 0.5) is 0 Å². The molecule has 6 nitrogen and oxygen atoms in total. The molecule has 1 atom stereocenters. The smallest absolute Gasteiger partial charge is 0.306 e. The highest BCUT2D eigenvalue weighted by Crippen LogP contribution is 2.15. The van der Waals surface area contributed by atoms with Crippen LogP contribution in [0.1, 0.15) is 245 Å². The Balaban J connectivity index is 4.46. The first-order valence-electron chi connectivity index (χ1n) is 25.3. The molecule has 6 heteroatoms. The van der Waals surface area contributed by atoms with E-state index in [2.05, 4.69) is 75.5 Å². The second-order valence-electron chi connectivity index (χ2n) is 16.7. The molecule has 346 valence electrons. The molecule has 0 fully saturated rings. The van der Waals surface area contributed by atoms with Crippen LogP contribution >= 0.6 is 0 Å². The third kappa shape index (κ3) is 46.2. The van der Waals surface area contributed by atoms with Gasteiger partial charge in [0.15, 0.2) is 6.10 Å². The summed E-state index contributed by atoms with van der Waals surface area (Å²) >= 11 is 0. The molecule has 0 amide bonds. The molecular formula is C54H94O6. The van der Waals surface area contributed by atoms with Crippen LogP contribution in [0.3, 0.4) is 0 Å². The lowest BCUT2D eigenvalue weighted by atomic mass is 10.0. The fourth-order valence-electron chi connectivity index (χ4n) is 7.02. The van der Waals surface area contributed by atoms with Crippen molar-refractivity contribution in [1.82, 2.24) is 0 Å². The minimum Gasteiger partial charge on any atom is -0.462 e. The van der Waals surface area contributed by atoms with Gasteiger partial charge in [-0.05, 0) is 51.4 Å². The summed E-state index contributed by atoms with van der Waals surface area (Å²) in [7, 11) is 0. The standard InChI is InChI=1S/C54H94O6/c1-4-7-10-13-16-19-22-25-27-28-30-32-35-38-41-44-47-53(56)59-50-51(49-58-52(55)46-43-40-37-34-31-24-21-18-15-12-9-6-3)60-54(57)48-45-42-39-36-33-29-26-23-20-17-14-11-8-5-2/h7,10,16,19,25,27,30,32,38,41,51H,4-6,8-9,11-15,17-18,20-24,26,28-29,31,33-37,39-40,42-50H2,1-3H3/b10-7-,19-16-,27-25-,32-30-,41-38-. The quantitative estimate of drug-likeness (QED) is 0.0263. The summed E-state index contributed by atoms with van der Waals surface area (Å²) in [5.41, 5.74) is 0. The topological polar surface area (TPSA) is 78.9 Å². The Labute approximate surface area is 370 Å². The van der Waals surface area contributed by atoms with Crippen molar-refractivity contribution in [1.29, 1.82) is 0 Å². The van der Waals surface area contributed by atoms with E-state index in [-0.39, 0.29) is 37.5 Å². The van der Waals surface area contributed by atoms with Crippen molar-refractivity contribution < 1.29 is 28.6 Å². The summed E-state index contributed by atoms with van der Waals surface area (Å²) in [6.45, 7) is 6.46. The van der Waals surface area contributed by atoms with Crippen LogP contribution in [0.2, 0.25) is 0 Å². The molecule has 0 rings (SSSR count). The van der Waals surface area contributed by atoms with E-state index >= 15 is 0 Å². The first-order valence-corrected chi connectivity index (χ1v) is 25.3. The number of carbonyl (C=O) groups excluding carboxylic acids is 3. The first-order chi connectivity index (χ1) is 29.5. The predicted octanol–water partition coefficient (Wildman–Crippen LogP) is 16.5. The maximum Gasteiger partial charge on any atom is 0.306 e. The number of hydrogen-bond acceptors (Lipinski definition) is 6. The van der Waals surface area contributed by atoms with Gasteiger partial charge in [0.25, 0.3) is 0 Å². The van der Waals surface area contributed by atoms with Gasteiger partial charge in [0.1, 0.15) is 13.2 Å². The summed E-state index contributed by atoms with van der Waals surface area (Å²) in [4.78, 5) is 37.9. The highest BCUT2D eigenvalue weighted by molar-refractivity contribution is 5.71. The van der Waals surface area contributed by atoms with Crippen molar-refractivity contribution in [2.45, 2.75) is 252 Å². The van der Waals surface area contributed by atoms with E-state index in [4.69, 9.17) is 14.2 Å². The lowest BCUT2D eigenvalue weighted by molar-refractivity contribution is -0.166. The average molecular weight is 839 g/mol. The molecule has 0 aliphatic heterocycles. The lowest BCUT2D eigenvalue weighted by Gasteiger charge is -2.18. The first kappa shape index (κ1) is 57.1. The van der Waals surface area contributed by atoms with Crippen molar-refractivity contribution in [3.05, 3.63) is 60.8 Å². The molecule has 0 radical (unpaired) electrons. The number of hydrogen-bond donors (Lipinski definition) is 0. The molecule has 0 aromatic rings. The SMILES string of the molecule is CC/C=C\C/C=C\C/C=C\C/C=C\C/C=C\CCC(=O)OCC(COC(=O)CCCCCCCCCCCCCC)OC(=O)CCCCCCCCCCCCCCCC. The fourth-order valence-corrected chi connectivity index (χ4v) is 7.02. The van der Waals surface area contributed by atoms with Gasteiger partial charge in [0.2, 0.25) is 0 Å². The number of ether oxygens (including phenoxy) is 3. The highest BCUT2D eigenvalue weighted by atomic mass is 16.6. The second kappa shape index (κ2) is 48.8. The molecule has 0 N–H and O–H groups in total. The van der Waals surface area contributed by atoms with Crippen molar-refractivity contribution in [3.63, 3.8) is 0 Å². The Morgan fingerprint density at radius 2 is 0.650 bits per heavy atom. The zero-order valence-electron chi connectivity index (χ0n) is 39.5. The van der Waals surface area contributed by atoms with Gasteiger partial charge in [-0.3, -0.25) is 14.4 Å². The van der Waals surface area contributed by atoms with Crippen molar-refractivity contribution in [3.8, 4) is 0 Å². The lowest BCUT2D eigenvalue weighted by Crippen LogP contribution is -2.30. The van der Waals surface area contributed by atoms with E-state index in [0.29, 0.717) is 19.3 Å². The van der Waals surface area contributed by atoms with E-state index in [9.17, 15) is 14.4 Å². The average Bonchev–Trinajstić information content (AvgIpc) is 3.24. The van der Waals surface area contributed by atoms with Gasteiger partial charge >= 0.3 is 17.9 Å². The normalized spacial score (nSPS) is 12.5. The molecule has 0 aliphatic rings. The van der Waals surface area contributed by atoms with Crippen molar-refractivity contribution >= 4 is 17.9 Å². The summed E-state index contributed by atoms with van der Waals surface area (Å²) in [5.74, 6) is -0.975. The van der Waals surface area contributed by atoms with Gasteiger partial charge in [-0.2, -0.15) is 0 Å². The third-order valence-corrected chi connectivity index (χ3v) is 10.8. The Morgan fingerprint density at radius 3 is 1.02 bits per heavy atom. The zero-order chi connectivity index (χ0) is 43.7. The van der Waals surface area contributed by atoms with Crippen LogP contribution < -0.4 is 0 Å². The number of rotatable bonds is 45. The summed E-state index contributed by atoms with van der Waals surface area (Å²) < 4.78 is 16.7. The van der Waals surface area contributed by atoms with Crippen LogP contribution in [-0.2, 0) is 28.6 Å². The zero-order valence-corrected chi connectivity index (χ0v) is 39.5. The van der Waals surface area contributed by atoms with E-state index < -0.39 is 6.10 Å². The minimum atomic E-state index is -0.798. The number of carbonyl (C=O) groups is 3. The summed E-state index contributed by atoms with van der Waals surface area (Å²) in [5, 5.41) is 0. The molecule has 0 saturated carbocycles. The Kier molecular flexibility index (Phi) is 46.4. The van der Waals surface area contributed by atoms with Gasteiger partial charge in [-0.1, -0.05) is 236 Å². The van der Waals surface area contributed by atoms with E-state index in [1.807, 2.05) is 6.08 Å². The maximum absolute atomic E-state index is 12.8. The molecule has 1 unspecified atom stereocenters. The number of unbranched alkanes of at least 4 members (excludes halogenated alkanes) is 24. The molecule has 0 heterocycles. The van der Waals surface area contributed by atoms with Gasteiger partial charge in [0.05, 0.1) is 0 Å². The monoisotopic (exact) mass is 839 g/mol. The number of esters is 3. The fraction of sp³-hybridized carbons (Fsp3) is 0.759. The molecule has 0 aromatic heterocycles. The summed E-state index contributed by atoms with van der Waals surface area (Å²) in [6.07, 6.45) is 59.3. The van der Waals surface area contributed by atoms with Crippen LogP contribution in [0.15, 0.2) is 60.8 Å². The highest BCUT2D eigenvalue weighted by Gasteiger charge is 2.19. The Morgan fingerprint density at radius 1 is 0.350 bits per heavy atom. The molecular weight excluding hydrogens is 745 g/mol. The van der Waals surface area contributed by atoms with Crippen LogP contribution in [0.5, 0.6) is 0 Å². The van der Waals surface area contributed by atoms with Crippen molar-refractivity contribution in [2.75, 3.05) is 13.2 Å². The van der Waals surface area contributed by atoms with Crippen molar-refractivity contribution in [2.24, 2.45) is 0 Å². The van der Waals surface area contributed by atoms with Gasteiger partial charge in [-0.25, -0.2) is 0 Å². The van der Waals surface area contributed by atoms with E-state index in [1.54, 1.807) is 0 Å². The summed E-state index contributed by atoms with van der Waals surface area (Å²) in [6, 6.07) is 0. The van der Waals surface area contributed by atoms with Gasteiger partial charge < -0.3 is 14.2 Å². The maximum atomic E-state index is 12.8. The van der Waals surface area contributed by atoms with E-state index in [1.165, 1.54) is 128 Å².